The topological polar surface area (TPSA) is 111 Å². The Labute approximate surface area is 176 Å². The molecule has 2 aromatic rings. The summed E-state index contributed by atoms with van der Waals surface area (Å²) in [6, 6.07) is 12.8. The number of aliphatic hydroxyl groups excluding tert-OH is 1. The molecule has 0 fully saturated rings. The fourth-order valence-electron chi connectivity index (χ4n) is 2.61. The fraction of sp³-hybridized carbons (Fsp3) is 0.143. The van der Waals surface area contributed by atoms with Gasteiger partial charge in [-0.1, -0.05) is 11.8 Å². The van der Waals surface area contributed by atoms with Crippen LogP contribution < -0.4 is 4.74 Å². The minimum atomic E-state index is -0.679. The number of aliphatic imine (C=N–C) groups is 1. The van der Waals surface area contributed by atoms with Crippen LogP contribution in [0.3, 0.4) is 0 Å². The molecule has 0 atom stereocenters. The van der Waals surface area contributed by atoms with Crippen molar-refractivity contribution in [3.63, 3.8) is 0 Å². The van der Waals surface area contributed by atoms with Gasteiger partial charge in [-0.2, -0.15) is 0 Å². The van der Waals surface area contributed by atoms with E-state index in [4.69, 9.17) is 9.47 Å². The van der Waals surface area contributed by atoms with Gasteiger partial charge in [0.1, 0.15) is 22.1 Å². The van der Waals surface area contributed by atoms with Crippen molar-refractivity contribution < 1.29 is 24.3 Å². The number of thioether (sulfide) groups is 1. The van der Waals surface area contributed by atoms with Crippen molar-refractivity contribution >= 4 is 40.2 Å². The smallest absolute Gasteiger partial charge is 0.344 e. The number of nitro groups is 1. The van der Waals surface area contributed by atoms with Crippen molar-refractivity contribution in [1.82, 2.24) is 0 Å². The molecule has 0 saturated carbocycles. The molecule has 9 heteroatoms. The summed E-state index contributed by atoms with van der Waals surface area (Å²) in [6.07, 6.45) is 1.62. The zero-order valence-corrected chi connectivity index (χ0v) is 17.0. The highest BCUT2D eigenvalue weighted by molar-refractivity contribution is 8.18. The van der Waals surface area contributed by atoms with Crippen LogP contribution in [0, 0.1) is 10.1 Å². The second-order valence-corrected chi connectivity index (χ2v) is 7.05. The Kier molecular flexibility index (Phi) is 6.53. The first-order chi connectivity index (χ1) is 14.4. The highest BCUT2D eigenvalue weighted by Gasteiger charge is 2.33. The fourth-order valence-corrected chi connectivity index (χ4v) is 3.64. The normalized spacial score (nSPS) is 16.2. The van der Waals surface area contributed by atoms with E-state index in [1.807, 2.05) is 0 Å². The van der Waals surface area contributed by atoms with Crippen molar-refractivity contribution in [2.24, 2.45) is 4.99 Å². The van der Waals surface area contributed by atoms with Crippen molar-refractivity contribution in [2.75, 3.05) is 13.7 Å². The van der Waals surface area contributed by atoms with Gasteiger partial charge in [0.2, 0.25) is 0 Å². The minimum Gasteiger partial charge on any atom is -0.506 e. The Bertz CT molecular complexity index is 1060. The van der Waals surface area contributed by atoms with Gasteiger partial charge >= 0.3 is 5.97 Å². The lowest BCUT2D eigenvalue weighted by molar-refractivity contribution is -0.384. The van der Waals surface area contributed by atoms with Crippen molar-refractivity contribution in [3.05, 3.63) is 80.4 Å². The zero-order chi connectivity index (χ0) is 21.7. The van der Waals surface area contributed by atoms with Gasteiger partial charge in [0.15, 0.2) is 0 Å². The lowest BCUT2D eigenvalue weighted by Gasteiger charge is -2.04. The van der Waals surface area contributed by atoms with E-state index in [0.717, 1.165) is 11.8 Å². The quantitative estimate of drug-likeness (QED) is 0.401. The van der Waals surface area contributed by atoms with E-state index < -0.39 is 10.9 Å². The Balaban J connectivity index is 1.98. The molecule has 1 aliphatic rings. The van der Waals surface area contributed by atoms with Crippen molar-refractivity contribution in [1.29, 1.82) is 0 Å². The molecule has 0 bridgehead atoms. The van der Waals surface area contributed by atoms with Gasteiger partial charge in [-0.15, -0.1) is 0 Å². The average molecular weight is 426 g/mol. The second kappa shape index (κ2) is 9.27. The van der Waals surface area contributed by atoms with Gasteiger partial charge in [-0.3, -0.25) is 10.1 Å². The van der Waals surface area contributed by atoms with Crippen LogP contribution in [0.1, 0.15) is 12.5 Å². The maximum atomic E-state index is 12.4. The number of benzene rings is 2. The molecule has 2 aromatic carbocycles. The maximum absolute atomic E-state index is 12.4. The number of hydrogen-bond donors (Lipinski definition) is 1. The molecule has 1 heterocycles. The first kappa shape index (κ1) is 21.1. The lowest BCUT2D eigenvalue weighted by atomic mass is 10.1. The summed E-state index contributed by atoms with van der Waals surface area (Å²) >= 11 is 1.11. The van der Waals surface area contributed by atoms with Gasteiger partial charge in [0.05, 0.1) is 29.2 Å². The van der Waals surface area contributed by atoms with Gasteiger partial charge in [0, 0.05) is 12.1 Å². The number of rotatable bonds is 6. The average Bonchev–Trinajstić information content (AvgIpc) is 3.04. The zero-order valence-electron chi connectivity index (χ0n) is 16.2. The Morgan fingerprint density at radius 3 is 2.43 bits per heavy atom. The van der Waals surface area contributed by atoms with Gasteiger partial charge in [-0.25, -0.2) is 9.79 Å². The monoisotopic (exact) mass is 426 g/mol. The molecule has 0 aliphatic carbocycles. The van der Waals surface area contributed by atoms with E-state index in [1.54, 1.807) is 56.5 Å². The number of esters is 1. The molecule has 8 nitrogen and oxygen atoms in total. The van der Waals surface area contributed by atoms with Crippen molar-refractivity contribution in [2.45, 2.75) is 6.92 Å². The number of carbonyl (C=O) groups is 1. The van der Waals surface area contributed by atoms with Crippen LogP contribution in [0.4, 0.5) is 11.4 Å². The van der Waals surface area contributed by atoms with Crippen LogP contribution >= 0.6 is 11.8 Å². The third kappa shape index (κ3) is 4.69. The number of methoxy groups -OCH3 is 1. The van der Waals surface area contributed by atoms with Crippen LogP contribution in [0.25, 0.3) is 6.08 Å². The third-order valence-electron chi connectivity index (χ3n) is 4.07. The molecular formula is C21H18N2O6S. The van der Waals surface area contributed by atoms with E-state index >= 15 is 0 Å². The highest BCUT2D eigenvalue weighted by atomic mass is 32.2. The molecule has 30 heavy (non-hydrogen) atoms. The molecule has 1 aliphatic heterocycles. The lowest BCUT2D eigenvalue weighted by Crippen LogP contribution is -2.12. The summed E-state index contributed by atoms with van der Waals surface area (Å²) in [5, 5.41) is 21.8. The molecule has 0 aromatic heterocycles. The Morgan fingerprint density at radius 2 is 1.87 bits per heavy atom. The van der Waals surface area contributed by atoms with Crippen LogP contribution in [-0.4, -0.2) is 34.8 Å². The van der Waals surface area contributed by atoms with Crippen LogP contribution in [-0.2, 0) is 9.53 Å². The molecule has 0 saturated heterocycles. The summed E-state index contributed by atoms with van der Waals surface area (Å²) in [5.41, 5.74) is 1.14. The van der Waals surface area contributed by atoms with Crippen LogP contribution in [0.2, 0.25) is 0 Å². The predicted molar refractivity (Wildman–Crippen MR) is 115 cm³/mol. The van der Waals surface area contributed by atoms with E-state index in [-0.39, 0.29) is 23.6 Å². The van der Waals surface area contributed by atoms with Gasteiger partial charge in [0.25, 0.3) is 5.69 Å². The molecule has 1 N–H and O–H groups in total. The number of nitro benzene ring substituents is 1. The number of non-ortho nitro benzene ring substituents is 1. The van der Waals surface area contributed by atoms with Gasteiger partial charge < -0.3 is 14.6 Å². The van der Waals surface area contributed by atoms with Crippen LogP contribution in [0.15, 0.2) is 69.8 Å². The number of hydrogen-bond acceptors (Lipinski definition) is 8. The predicted octanol–water partition coefficient (Wildman–Crippen LogP) is 4.80. The second-order valence-electron chi connectivity index (χ2n) is 6.02. The molecular weight excluding hydrogens is 408 g/mol. The van der Waals surface area contributed by atoms with E-state index in [2.05, 4.69) is 4.99 Å². The maximum Gasteiger partial charge on any atom is 0.344 e. The summed E-state index contributed by atoms with van der Waals surface area (Å²) in [4.78, 5) is 27.6. The molecule has 0 spiro atoms. The summed E-state index contributed by atoms with van der Waals surface area (Å²) in [5.74, 6) is -0.258. The first-order valence-electron chi connectivity index (χ1n) is 8.90. The molecule has 154 valence electrons. The Morgan fingerprint density at radius 1 is 1.20 bits per heavy atom. The number of aliphatic hydroxyl groups is 1. The molecule has 0 amide bonds. The number of ether oxygens (including phenoxy) is 2. The first-order valence-corrected chi connectivity index (χ1v) is 9.72. The molecule has 0 unspecified atom stereocenters. The Hall–Kier alpha value is -3.59. The molecule has 0 radical (unpaired) electrons. The number of nitrogens with zero attached hydrogens (tertiary/aromatic N) is 2. The summed E-state index contributed by atoms with van der Waals surface area (Å²) < 4.78 is 10.2. The summed E-state index contributed by atoms with van der Waals surface area (Å²) in [6.45, 7) is 1.82. The SMILES string of the molecule is CCOC(=O)C1=C(O)/C(=C/c2ccc([N+](=O)[O-])cc2)SC1=Nc1ccc(OC)cc1. The van der Waals surface area contributed by atoms with E-state index in [9.17, 15) is 20.0 Å². The highest BCUT2D eigenvalue weighted by Crippen LogP contribution is 2.40. The minimum absolute atomic E-state index is 0.0224. The van der Waals surface area contributed by atoms with Crippen molar-refractivity contribution in [3.8, 4) is 5.75 Å². The third-order valence-corrected chi connectivity index (χ3v) is 5.09. The number of carbonyl (C=O) groups excluding carboxylic acids is 1. The summed E-state index contributed by atoms with van der Waals surface area (Å²) in [7, 11) is 1.56. The van der Waals surface area contributed by atoms with E-state index in [1.165, 1.54) is 12.1 Å². The standard InChI is InChI=1S/C21H18N2O6S/c1-3-29-21(25)18-19(24)17(12-13-4-8-15(9-5-13)23(26)27)30-20(18)22-14-6-10-16(28-2)11-7-14/h4-12,24H,3H2,1-2H3/b17-12-,22-20?. The largest absolute Gasteiger partial charge is 0.506 e. The van der Waals surface area contributed by atoms with Crippen LogP contribution in [0.5, 0.6) is 5.75 Å². The van der Waals surface area contributed by atoms with Gasteiger partial charge in [-0.05, 0) is 55.0 Å². The van der Waals surface area contributed by atoms with E-state index in [0.29, 0.717) is 26.9 Å². The molecule has 3 rings (SSSR count).